The lowest BCUT2D eigenvalue weighted by atomic mass is 10.1. The molecule has 0 aliphatic carbocycles. The molecule has 0 aromatic heterocycles. The fourth-order valence-corrected chi connectivity index (χ4v) is 3.07. The van der Waals surface area contributed by atoms with E-state index in [1.54, 1.807) is 31.2 Å². The van der Waals surface area contributed by atoms with Crippen molar-refractivity contribution >= 4 is 40.9 Å². The number of hydrogen-bond donors (Lipinski definition) is 0. The summed E-state index contributed by atoms with van der Waals surface area (Å²) in [5, 5.41) is -0.525. The van der Waals surface area contributed by atoms with Crippen molar-refractivity contribution in [2.75, 3.05) is 13.7 Å². The van der Waals surface area contributed by atoms with Gasteiger partial charge in [0.05, 0.1) is 24.2 Å². The van der Waals surface area contributed by atoms with Crippen LogP contribution in [0.25, 0.3) is 6.08 Å². The molecule has 0 saturated carbocycles. The highest BCUT2D eigenvalue weighted by molar-refractivity contribution is 8.18. The molecule has 1 heterocycles. The maximum Gasteiger partial charge on any atom is 0.337 e. The molecule has 2 amide bonds. The third-order valence-corrected chi connectivity index (χ3v) is 4.35. The maximum atomic E-state index is 12.4. The number of carbonyl (C=O) groups excluding carboxylic acids is 4. The smallest absolute Gasteiger partial charge is 0.337 e. The van der Waals surface area contributed by atoms with E-state index in [0.717, 1.165) is 16.7 Å². The zero-order chi connectivity index (χ0) is 18.6. The molecule has 1 saturated heterocycles. The monoisotopic (exact) mass is 363 g/mol. The van der Waals surface area contributed by atoms with Crippen LogP contribution in [0.5, 0.6) is 0 Å². The number of ether oxygens (including phenoxy) is 2. The van der Waals surface area contributed by atoms with Crippen LogP contribution in [0.15, 0.2) is 29.2 Å². The van der Waals surface area contributed by atoms with E-state index in [-0.39, 0.29) is 11.5 Å². The van der Waals surface area contributed by atoms with Gasteiger partial charge in [0.15, 0.2) is 0 Å². The van der Waals surface area contributed by atoms with Gasteiger partial charge in [0.25, 0.3) is 11.1 Å². The number of imide groups is 1. The number of nitrogens with zero attached hydrogens (tertiary/aromatic N) is 1. The van der Waals surface area contributed by atoms with Gasteiger partial charge in [-0.3, -0.25) is 14.5 Å². The summed E-state index contributed by atoms with van der Waals surface area (Å²) >= 11 is 0.755. The number of hydrogen-bond acceptors (Lipinski definition) is 7. The van der Waals surface area contributed by atoms with Crippen LogP contribution in [0.4, 0.5) is 4.79 Å². The minimum absolute atomic E-state index is 0.168. The molecule has 2 rings (SSSR count). The van der Waals surface area contributed by atoms with Crippen LogP contribution in [-0.2, 0) is 19.1 Å². The van der Waals surface area contributed by atoms with Crippen molar-refractivity contribution in [3.8, 4) is 0 Å². The lowest BCUT2D eigenvalue weighted by Gasteiger charge is -2.19. The molecule has 1 aromatic rings. The third kappa shape index (κ3) is 4.08. The van der Waals surface area contributed by atoms with E-state index < -0.39 is 29.1 Å². The molecule has 1 aliphatic rings. The van der Waals surface area contributed by atoms with Gasteiger partial charge in [-0.05, 0) is 49.4 Å². The highest BCUT2D eigenvalue weighted by atomic mass is 32.2. The molecule has 7 nitrogen and oxygen atoms in total. The summed E-state index contributed by atoms with van der Waals surface area (Å²) in [5.41, 5.74) is 1.02. The Balaban J connectivity index is 2.19. The SMILES string of the molecule is CCOC(=O)[C@@H](C)N1C(=O)S/C(=C\c2ccc(C(=O)OC)cc2)C1=O. The molecule has 0 bridgehead atoms. The normalized spacial score (nSPS) is 16.9. The Bertz CT molecular complexity index is 740. The molecule has 0 N–H and O–H groups in total. The van der Waals surface area contributed by atoms with E-state index in [0.29, 0.717) is 11.1 Å². The number of thioether (sulfide) groups is 1. The van der Waals surface area contributed by atoms with Crippen molar-refractivity contribution in [3.63, 3.8) is 0 Å². The van der Waals surface area contributed by atoms with Gasteiger partial charge in [0.1, 0.15) is 6.04 Å². The summed E-state index contributed by atoms with van der Waals surface area (Å²) < 4.78 is 9.47. The molecular weight excluding hydrogens is 346 g/mol. The number of amides is 2. The van der Waals surface area contributed by atoms with Crippen molar-refractivity contribution in [1.29, 1.82) is 0 Å². The van der Waals surface area contributed by atoms with Crippen molar-refractivity contribution < 1.29 is 28.7 Å². The van der Waals surface area contributed by atoms with Crippen LogP contribution in [-0.4, -0.2) is 47.7 Å². The minimum Gasteiger partial charge on any atom is -0.465 e. The van der Waals surface area contributed by atoms with Gasteiger partial charge in [0, 0.05) is 0 Å². The standard InChI is InChI=1S/C17H17NO6S/c1-4-24-15(20)10(2)18-14(19)13(25-17(18)22)9-11-5-7-12(8-6-11)16(21)23-3/h5-10H,4H2,1-3H3/b13-9-/t10-/m1/s1. The second-order valence-corrected chi connectivity index (χ2v) is 6.09. The van der Waals surface area contributed by atoms with Crippen LogP contribution in [0.1, 0.15) is 29.8 Å². The van der Waals surface area contributed by atoms with Gasteiger partial charge >= 0.3 is 11.9 Å². The summed E-state index contributed by atoms with van der Waals surface area (Å²) in [6, 6.07) is 5.40. The van der Waals surface area contributed by atoms with E-state index in [9.17, 15) is 19.2 Å². The van der Waals surface area contributed by atoms with Gasteiger partial charge in [-0.2, -0.15) is 0 Å². The summed E-state index contributed by atoms with van der Waals surface area (Å²) in [6.07, 6.45) is 1.53. The van der Waals surface area contributed by atoms with Crippen LogP contribution < -0.4 is 0 Å². The first kappa shape index (κ1) is 18.7. The van der Waals surface area contributed by atoms with E-state index in [1.165, 1.54) is 20.1 Å². The molecule has 0 unspecified atom stereocenters. The summed E-state index contributed by atoms with van der Waals surface area (Å²) in [5.74, 6) is -1.64. The van der Waals surface area contributed by atoms with Crippen molar-refractivity contribution in [3.05, 3.63) is 40.3 Å². The van der Waals surface area contributed by atoms with E-state index in [1.807, 2.05) is 0 Å². The molecule has 1 fully saturated rings. The van der Waals surface area contributed by atoms with Gasteiger partial charge < -0.3 is 9.47 Å². The number of methoxy groups -OCH3 is 1. The average molecular weight is 363 g/mol. The Morgan fingerprint density at radius 2 is 1.88 bits per heavy atom. The Hall–Kier alpha value is -2.61. The number of carbonyl (C=O) groups is 4. The van der Waals surface area contributed by atoms with E-state index >= 15 is 0 Å². The fourth-order valence-electron chi connectivity index (χ4n) is 2.17. The lowest BCUT2D eigenvalue weighted by molar-refractivity contribution is -0.150. The third-order valence-electron chi connectivity index (χ3n) is 3.47. The highest BCUT2D eigenvalue weighted by Gasteiger charge is 2.41. The first-order chi connectivity index (χ1) is 11.9. The van der Waals surface area contributed by atoms with Crippen LogP contribution in [0.3, 0.4) is 0 Å². The molecule has 1 atom stereocenters. The predicted molar refractivity (Wildman–Crippen MR) is 91.7 cm³/mol. The average Bonchev–Trinajstić information content (AvgIpc) is 2.88. The molecular formula is C17H17NO6S. The second kappa shape index (κ2) is 7.98. The first-order valence-corrected chi connectivity index (χ1v) is 8.32. The quantitative estimate of drug-likeness (QED) is 0.586. The highest BCUT2D eigenvalue weighted by Crippen LogP contribution is 2.33. The van der Waals surface area contributed by atoms with Gasteiger partial charge in [0.2, 0.25) is 0 Å². The number of rotatable bonds is 5. The zero-order valence-corrected chi connectivity index (χ0v) is 14.8. The first-order valence-electron chi connectivity index (χ1n) is 7.51. The molecule has 0 spiro atoms. The summed E-state index contributed by atoms with van der Waals surface area (Å²) in [7, 11) is 1.29. The van der Waals surface area contributed by atoms with Crippen LogP contribution in [0, 0.1) is 0 Å². The maximum absolute atomic E-state index is 12.4. The Morgan fingerprint density at radius 3 is 2.44 bits per heavy atom. The largest absolute Gasteiger partial charge is 0.465 e. The van der Waals surface area contributed by atoms with Crippen LogP contribution in [0.2, 0.25) is 0 Å². The topological polar surface area (TPSA) is 90.0 Å². The van der Waals surface area contributed by atoms with Crippen molar-refractivity contribution in [2.45, 2.75) is 19.9 Å². The molecule has 25 heavy (non-hydrogen) atoms. The van der Waals surface area contributed by atoms with E-state index in [2.05, 4.69) is 4.74 Å². The lowest BCUT2D eigenvalue weighted by Crippen LogP contribution is -2.42. The van der Waals surface area contributed by atoms with Crippen molar-refractivity contribution in [2.24, 2.45) is 0 Å². The van der Waals surface area contributed by atoms with E-state index in [4.69, 9.17) is 4.74 Å². The second-order valence-electron chi connectivity index (χ2n) is 5.09. The Kier molecular flexibility index (Phi) is 5.97. The summed E-state index contributed by atoms with van der Waals surface area (Å²) in [4.78, 5) is 48.8. The Morgan fingerprint density at radius 1 is 1.24 bits per heavy atom. The fraction of sp³-hybridized carbons (Fsp3) is 0.294. The van der Waals surface area contributed by atoms with Gasteiger partial charge in [-0.25, -0.2) is 9.59 Å². The molecule has 1 aromatic carbocycles. The predicted octanol–water partition coefficient (Wildman–Crippen LogP) is 2.46. The zero-order valence-electron chi connectivity index (χ0n) is 14.0. The minimum atomic E-state index is -0.986. The van der Waals surface area contributed by atoms with Crippen LogP contribution >= 0.6 is 11.8 Å². The van der Waals surface area contributed by atoms with Crippen molar-refractivity contribution in [1.82, 2.24) is 4.90 Å². The Labute approximate surface area is 149 Å². The molecule has 0 radical (unpaired) electrons. The molecule has 132 valence electrons. The molecule has 8 heteroatoms. The summed E-state index contributed by atoms with van der Waals surface area (Å²) in [6.45, 7) is 3.26. The molecule has 1 aliphatic heterocycles. The number of esters is 2. The van der Waals surface area contributed by atoms with Gasteiger partial charge in [-0.1, -0.05) is 12.1 Å². The van der Waals surface area contributed by atoms with Gasteiger partial charge in [-0.15, -0.1) is 0 Å². The number of benzene rings is 1.